The van der Waals surface area contributed by atoms with E-state index in [9.17, 15) is 9.59 Å². The van der Waals surface area contributed by atoms with Gasteiger partial charge in [-0.3, -0.25) is 9.59 Å². The molecule has 2 amide bonds. The number of nitrogens with one attached hydrogen (secondary N) is 2. The monoisotopic (exact) mass is 304 g/mol. The van der Waals surface area contributed by atoms with Gasteiger partial charge in [-0.05, 0) is 31.0 Å². The van der Waals surface area contributed by atoms with Gasteiger partial charge in [0.1, 0.15) is 0 Å². The summed E-state index contributed by atoms with van der Waals surface area (Å²) in [6.45, 7) is 8.77. The van der Waals surface area contributed by atoms with E-state index in [0.29, 0.717) is 0 Å². The number of carbonyl (C=O) groups is 2. The zero-order chi connectivity index (χ0) is 16.1. The first kappa shape index (κ1) is 16.5. The Kier molecular flexibility index (Phi) is 5.55. The van der Waals surface area contributed by atoms with Crippen LogP contribution in [0, 0.1) is 0 Å². The highest BCUT2D eigenvalue weighted by Crippen LogP contribution is 2.10. The molecule has 1 saturated heterocycles. The van der Waals surface area contributed by atoms with Crippen molar-refractivity contribution >= 4 is 17.5 Å². The predicted molar refractivity (Wildman–Crippen MR) is 86.9 cm³/mol. The number of hydrogen-bond donors (Lipinski definition) is 2. The van der Waals surface area contributed by atoms with Crippen molar-refractivity contribution < 1.29 is 14.5 Å². The van der Waals surface area contributed by atoms with Crippen molar-refractivity contribution in [2.75, 3.05) is 31.5 Å². The average Bonchev–Trinajstić information content (AvgIpc) is 2.55. The number of quaternary nitrogens is 1. The molecule has 1 heterocycles. The summed E-state index contributed by atoms with van der Waals surface area (Å²) in [7, 11) is 0. The molecule has 5 heteroatoms. The van der Waals surface area contributed by atoms with Crippen LogP contribution in [0.5, 0.6) is 0 Å². The smallest absolute Gasteiger partial charge is 0.282 e. The van der Waals surface area contributed by atoms with Crippen molar-refractivity contribution in [3.63, 3.8) is 0 Å². The zero-order valence-electron chi connectivity index (χ0n) is 13.7. The fourth-order valence-electron chi connectivity index (χ4n) is 2.80. The molecule has 2 N–H and O–H groups in total. The summed E-state index contributed by atoms with van der Waals surface area (Å²) in [6.07, 6.45) is 0.995. The topological polar surface area (TPSA) is 53.9 Å². The third kappa shape index (κ3) is 4.07. The Morgan fingerprint density at radius 3 is 2.32 bits per heavy atom. The van der Waals surface area contributed by atoms with Crippen LogP contribution in [0.25, 0.3) is 0 Å². The fraction of sp³-hybridized carbons (Fsp3) is 0.529. The maximum absolute atomic E-state index is 12.4. The fourth-order valence-corrected chi connectivity index (χ4v) is 2.80. The molecule has 0 saturated carbocycles. The standard InChI is InChI=1S/C17H25N3O2/c1-4-15-5-7-16(8-6-15)18-17(22)13(2)19-9-11-20(12-10-19)14(3)21/h5-8,13H,4,9-12H2,1-3H3,(H,18,22)/p+1/t13-/m0/s1. The third-order valence-corrected chi connectivity index (χ3v) is 4.49. The molecule has 1 aliphatic heterocycles. The Morgan fingerprint density at radius 1 is 1.23 bits per heavy atom. The van der Waals surface area contributed by atoms with Gasteiger partial charge in [0.05, 0.1) is 26.2 Å². The molecule has 1 aromatic rings. The van der Waals surface area contributed by atoms with E-state index in [-0.39, 0.29) is 17.9 Å². The number of nitrogens with zero attached hydrogens (tertiary/aromatic N) is 1. The predicted octanol–water partition coefficient (Wildman–Crippen LogP) is 0.323. The number of amides is 2. The molecule has 2 rings (SSSR count). The molecule has 0 bridgehead atoms. The van der Waals surface area contributed by atoms with Crippen LogP contribution in [0.4, 0.5) is 5.69 Å². The van der Waals surface area contributed by atoms with Crippen LogP contribution >= 0.6 is 0 Å². The van der Waals surface area contributed by atoms with Gasteiger partial charge in [0.25, 0.3) is 5.91 Å². The van der Waals surface area contributed by atoms with Gasteiger partial charge in [0, 0.05) is 12.6 Å². The first-order chi connectivity index (χ1) is 10.5. The highest BCUT2D eigenvalue weighted by atomic mass is 16.2. The molecular weight excluding hydrogens is 278 g/mol. The van der Waals surface area contributed by atoms with Crippen molar-refractivity contribution in [3.8, 4) is 0 Å². The molecule has 1 aliphatic rings. The number of hydrogen-bond acceptors (Lipinski definition) is 2. The van der Waals surface area contributed by atoms with Gasteiger partial charge >= 0.3 is 0 Å². The molecular formula is C17H26N3O2+. The summed E-state index contributed by atoms with van der Waals surface area (Å²) in [6, 6.07) is 7.87. The summed E-state index contributed by atoms with van der Waals surface area (Å²) in [5, 5.41) is 2.98. The lowest BCUT2D eigenvalue weighted by molar-refractivity contribution is -0.917. The number of piperazine rings is 1. The van der Waals surface area contributed by atoms with E-state index in [1.165, 1.54) is 10.5 Å². The highest BCUT2D eigenvalue weighted by Gasteiger charge is 2.29. The van der Waals surface area contributed by atoms with E-state index >= 15 is 0 Å². The SMILES string of the molecule is CCc1ccc(NC(=O)[C@H](C)[NH+]2CCN(C(C)=O)CC2)cc1. The molecule has 0 unspecified atom stereocenters. The van der Waals surface area contributed by atoms with Crippen LogP contribution in [-0.2, 0) is 16.0 Å². The van der Waals surface area contributed by atoms with Gasteiger partial charge in [-0.1, -0.05) is 19.1 Å². The molecule has 0 spiro atoms. The van der Waals surface area contributed by atoms with Crippen molar-refractivity contribution in [1.29, 1.82) is 0 Å². The van der Waals surface area contributed by atoms with E-state index in [1.54, 1.807) is 6.92 Å². The van der Waals surface area contributed by atoms with Crippen molar-refractivity contribution in [1.82, 2.24) is 4.90 Å². The first-order valence-corrected chi connectivity index (χ1v) is 8.01. The van der Waals surface area contributed by atoms with Gasteiger partial charge in [-0.25, -0.2) is 0 Å². The van der Waals surface area contributed by atoms with Crippen molar-refractivity contribution in [2.24, 2.45) is 0 Å². The molecule has 5 nitrogen and oxygen atoms in total. The van der Waals surface area contributed by atoms with Crippen LogP contribution in [0.1, 0.15) is 26.3 Å². The van der Waals surface area contributed by atoms with Gasteiger partial charge in [0.15, 0.2) is 6.04 Å². The molecule has 0 aliphatic carbocycles. The lowest BCUT2D eigenvalue weighted by atomic mass is 10.1. The van der Waals surface area contributed by atoms with Gasteiger partial charge in [-0.2, -0.15) is 0 Å². The minimum absolute atomic E-state index is 0.0375. The van der Waals surface area contributed by atoms with Crippen molar-refractivity contribution in [3.05, 3.63) is 29.8 Å². The van der Waals surface area contributed by atoms with Gasteiger partial charge < -0.3 is 15.1 Å². The second-order valence-electron chi connectivity index (χ2n) is 5.93. The quantitative estimate of drug-likeness (QED) is 0.842. The maximum atomic E-state index is 12.4. The van der Waals surface area contributed by atoms with Gasteiger partial charge in [0.2, 0.25) is 5.91 Å². The normalized spacial score (nSPS) is 17.1. The first-order valence-electron chi connectivity index (χ1n) is 8.01. The zero-order valence-corrected chi connectivity index (χ0v) is 13.7. The summed E-state index contributed by atoms with van der Waals surface area (Å²) in [4.78, 5) is 26.8. The number of aryl methyl sites for hydroxylation is 1. The second-order valence-corrected chi connectivity index (χ2v) is 5.93. The van der Waals surface area contributed by atoms with Crippen LogP contribution in [-0.4, -0.2) is 48.9 Å². The Morgan fingerprint density at radius 2 is 1.82 bits per heavy atom. The largest absolute Gasteiger partial charge is 0.332 e. The Balaban J connectivity index is 1.88. The Bertz CT molecular complexity index is 519. The van der Waals surface area contributed by atoms with E-state index in [4.69, 9.17) is 0 Å². The molecule has 1 atom stereocenters. The highest BCUT2D eigenvalue weighted by molar-refractivity contribution is 5.93. The average molecular weight is 304 g/mol. The number of carbonyl (C=O) groups excluding carboxylic acids is 2. The molecule has 22 heavy (non-hydrogen) atoms. The minimum atomic E-state index is -0.111. The van der Waals surface area contributed by atoms with Crippen LogP contribution in [0.15, 0.2) is 24.3 Å². The summed E-state index contributed by atoms with van der Waals surface area (Å²) >= 11 is 0. The third-order valence-electron chi connectivity index (χ3n) is 4.49. The molecule has 120 valence electrons. The van der Waals surface area contributed by atoms with E-state index in [1.807, 2.05) is 36.1 Å². The molecule has 0 radical (unpaired) electrons. The van der Waals surface area contributed by atoms with Gasteiger partial charge in [-0.15, -0.1) is 0 Å². The number of rotatable bonds is 4. The number of benzene rings is 1. The lowest BCUT2D eigenvalue weighted by Gasteiger charge is -2.34. The summed E-state index contributed by atoms with van der Waals surface area (Å²) in [5.74, 6) is 0.155. The Hall–Kier alpha value is -1.88. The van der Waals surface area contributed by atoms with Crippen molar-refractivity contribution in [2.45, 2.75) is 33.2 Å². The maximum Gasteiger partial charge on any atom is 0.282 e. The Labute approximate surface area is 132 Å². The van der Waals surface area contributed by atoms with E-state index in [0.717, 1.165) is 38.3 Å². The summed E-state index contributed by atoms with van der Waals surface area (Å²) in [5.41, 5.74) is 2.10. The minimum Gasteiger partial charge on any atom is -0.332 e. The van der Waals surface area contributed by atoms with Crippen LogP contribution in [0.2, 0.25) is 0 Å². The van der Waals surface area contributed by atoms with Crippen LogP contribution in [0.3, 0.4) is 0 Å². The lowest BCUT2D eigenvalue weighted by Crippen LogP contribution is -3.19. The van der Waals surface area contributed by atoms with Crippen LogP contribution < -0.4 is 10.2 Å². The van der Waals surface area contributed by atoms with E-state index in [2.05, 4.69) is 12.2 Å². The number of anilines is 1. The molecule has 1 fully saturated rings. The molecule has 0 aromatic heterocycles. The second kappa shape index (κ2) is 7.40. The summed E-state index contributed by atoms with van der Waals surface area (Å²) < 4.78 is 0. The van der Waals surface area contributed by atoms with E-state index < -0.39 is 0 Å². The molecule has 1 aromatic carbocycles.